The summed E-state index contributed by atoms with van der Waals surface area (Å²) in [5, 5.41) is 6.95. The summed E-state index contributed by atoms with van der Waals surface area (Å²) in [6.45, 7) is 4.31. The van der Waals surface area contributed by atoms with Crippen LogP contribution in [0.2, 0.25) is 0 Å². The van der Waals surface area contributed by atoms with Crippen molar-refractivity contribution in [2.75, 3.05) is 25.1 Å². The summed E-state index contributed by atoms with van der Waals surface area (Å²) in [4.78, 5) is 4.63. The van der Waals surface area contributed by atoms with Crippen molar-refractivity contribution < 1.29 is 4.74 Å². The second kappa shape index (κ2) is 10.6. The fraction of sp³-hybridized carbons (Fsp3) is 0.381. The predicted octanol–water partition coefficient (Wildman–Crippen LogP) is 3.93. The van der Waals surface area contributed by atoms with Crippen molar-refractivity contribution in [3.05, 3.63) is 66.2 Å². The van der Waals surface area contributed by atoms with Crippen molar-refractivity contribution in [1.82, 2.24) is 5.32 Å². The number of hydrogen-bond donors (Lipinski definition) is 3. The van der Waals surface area contributed by atoms with E-state index in [1.54, 1.807) is 0 Å². The summed E-state index contributed by atoms with van der Waals surface area (Å²) in [6, 6.07) is 20.6. The third-order valence-electron chi connectivity index (χ3n) is 4.87. The molecule has 2 aromatic rings. The van der Waals surface area contributed by atoms with E-state index in [-0.39, 0.29) is 35.6 Å². The molecule has 0 radical (unpaired) electrons. The van der Waals surface area contributed by atoms with Crippen LogP contribution >= 0.6 is 24.0 Å². The Hall–Kier alpha value is -1.64. The highest BCUT2D eigenvalue weighted by Crippen LogP contribution is 2.26. The molecule has 0 amide bonds. The number of ether oxygens (including phenoxy) is 1. The van der Waals surface area contributed by atoms with Gasteiger partial charge in [0.25, 0.3) is 0 Å². The predicted molar refractivity (Wildman–Crippen MR) is 123 cm³/mol. The molecule has 146 valence electrons. The molecule has 1 aliphatic heterocycles. The van der Waals surface area contributed by atoms with Crippen LogP contribution in [0.4, 0.5) is 5.69 Å². The van der Waals surface area contributed by atoms with Crippen molar-refractivity contribution in [2.45, 2.75) is 31.3 Å². The average molecular weight is 480 g/mol. The first-order valence-electron chi connectivity index (χ1n) is 9.19. The van der Waals surface area contributed by atoms with Gasteiger partial charge in [-0.2, -0.15) is 0 Å². The van der Waals surface area contributed by atoms with Gasteiger partial charge in [-0.3, -0.25) is 4.99 Å². The number of aliphatic imine (C=N–C) groups is 1. The van der Waals surface area contributed by atoms with E-state index in [0.717, 1.165) is 31.7 Å². The molecule has 1 aliphatic rings. The Bertz CT molecular complexity index is 703. The summed E-state index contributed by atoms with van der Waals surface area (Å²) >= 11 is 0. The van der Waals surface area contributed by atoms with Gasteiger partial charge in [0.05, 0.1) is 6.54 Å². The maximum Gasteiger partial charge on any atom is 0.193 e. The van der Waals surface area contributed by atoms with E-state index in [1.165, 1.54) is 5.56 Å². The Morgan fingerprint density at radius 1 is 1.07 bits per heavy atom. The lowest BCUT2D eigenvalue weighted by atomic mass is 9.88. The van der Waals surface area contributed by atoms with Crippen LogP contribution < -0.4 is 16.4 Å². The average Bonchev–Trinajstić information content (AvgIpc) is 2.69. The molecule has 3 rings (SSSR count). The van der Waals surface area contributed by atoms with Crippen LogP contribution in [-0.4, -0.2) is 31.3 Å². The number of para-hydroxylation sites is 1. The smallest absolute Gasteiger partial charge is 0.193 e. The minimum Gasteiger partial charge on any atom is -0.381 e. The Labute approximate surface area is 178 Å². The number of anilines is 1. The molecular weight excluding hydrogens is 451 g/mol. The number of guanidine groups is 1. The molecule has 2 aromatic carbocycles. The summed E-state index contributed by atoms with van der Waals surface area (Å²) in [5.74, 6) is 0.441. The molecule has 1 unspecified atom stereocenters. The minimum atomic E-state index is -0.101. The van der Waals surface area contributed by atoms with Crippen LogP contribution in [0.3, 0.4) is 0 Å². The minimum absolute atomic E-state index is 0. The van der Waals surface area contributed by atoms with Crippen LogP contribution in [-0.2, 0) is 4.74 Å². The molecule has 1 saturated heterocycles. The zero-order chi connectivity index (χ0) is 18.2. The van der Waals surface area contributed by atoms with Crippen molar-refractivity contribution in [3.8, 4) is 0 Å². The summed E-state index contributed by atoms with van der Waals surface area (Å²) in [6.07, 6.45) is 1.85. The van der Waals surface area contributed by atoms with Crippen LogP contribution in [0.5, 0.6) is 0 Å². The molecule has 0 saturated carbocycles. The lowest BCUT2D eigenvalue weighted by Crippen LogP contribution is -2.53. The van der Waals surface area contributed by atoms with Gasteiger partial charge in [0.15, 0.2) is 5.96 Å². The SMILES string of the molecule is CC(NC1(CN=C(N)Nc2ccccc2)CCOCC1)c1ccccc1.I. The number of hydrogen-bond acceptors (Lipinski definition) is 3. The van der Waals surface area contributed by atoms with E-state index in [1.807, 2.05) is 36.4 Å². The molecule has 27 heavy (non-hydrogen) atoms. The van der Waals surface area contributed by atoms with Crippen molar-refractivity contribution in [2.24, 2.45) is 10.7 Å². The number of nitrogens with zero attached hydrogens (tertiary/aromatic N) is 1. The lowest BCUT2D eigenvalue weighted by Gasteiger charge is -2.39. The number of benzene rings is 2. The van der Waals surface area contributed by atoms with Gasteiger partial charge in [-0.05, 0) is 37.5 Å². The molecule has 1 heterocycles. The van der Waals surface area contributed by atoms with Crippen molar-refractivity contribution >= 4 is 35.6 Å². The Morgan fingerprint density at radius 3 is 2.30 bits per heavy atom. The standard InChI is InChI=1S/C21H28N4O.HI/c1-17(18-8-4-2-5-9-18)25-21(12-14-26-15-13-21)16-23-20(22)24-19-10-6-3-7-11-19;/h2-11,17,25H,12-16H2,1H3,(H3,22,23,24);1H. The molecule has 0 bridgehead atoms. The van der Waals surface area contributed by atoms with E-state index in [2.05, 4.69) is 46.8 Å². The monoisotopic (exact) mass is 480 g/mol. The molecular formula is C21H29IN4O. The van der Waals surface area contributed by atoms with Gasteiger partial charge in [0.1, 0.15) is 0 Å². The van der Waals surface area contributed by atoms with Crippen LogP contribution in [0, 0.1) is 0 Å². The molecule has 5 nitrogen and oxygen atoms in total. The first-order valence-corrected chi connectivity index (χ1v) is 9.19. The molecule has 6 heteroatoms. The third kappa shape index (κ3) is 6.48. The molecule has 1 fully saturated rings. The maximum absolute atomic E-state index is 6.10. The third-order valence-corrected chi connectivity index (χ3v) is 4.87. The van der Waals surface area contributed by atoms with Gasteiger partial charge >= 0.3 is 0 Å². The second-order valence-electron chi connectivity index (χ2n) is 6.86. The fourth-order valence-corrected chi connectivity index (χ4v) is 3.34. The molecule has 0 aromatic heterocycles. The number of nitrogens with one attached hydrogen (secondary N) is 2. The number of nitrogens with two attached hydrogens (primary N) is 1. The Balaban J connectivity index is 0.00000261. The summed E-state index contributed by atoms with van der Waals surface area (Å²) in [7, 11) is 0. The van der Waals surface area contributed by atoms with E-state index in [9.17, 15) is 0 Å². The zero-order valence-electron chi connectivity index (χ0n) is 15.7. The van der Waals surface area contributed by atoms with Gasteiger partial charge in [0, 0.05) is 30.5 Å². The van der Waals surface area contributed by atoms with Crippen LogP contribution in [0.15, 0.2) is 65.7 Å². The van der Waals surface area contributed by atoms with Gasteiger partial charge < -0.3 is 21.1 Å². The first kappa shape index (κ1) is 21.7. The Kier molecular flexibility index (Phi) is 8.53. The summed E-state index contributed by atoms with van der Waals surface area (Å²) < 4.78 is 5.58. The first-order chi connectivity index (χ1) is 12.7. The van der Waals surface area contributed by atoms with E-state index < -0.39 is 0 Å². The highest BCUT2D eigenvalue weighted by atomic mass is 127. The fourth-order valence-electron chi connectivity index (χ4n) is 3.34. The van der Waals surface area contributed by atoms with Gasteiger partial charge in [0.2, 0.25) is 0 Å². The van der Waals surface area contributed by atoms with E-state index in [0.29, 0.717) is 12.5 Å². The molecule has 0 spiro atoms. The van der Waals surface area contributed by atoms with Crippen molar-refractivity contribution in [3.63, 3.8) is 0 Å². The van der Waals surface area contributed by atoms with E-state index >= 15 is 0 Å². The highest BCUT2D eigenvalue weighted by Gasteiger charge is 2.33. The molecule has 4 N–H and O–H groups in total. The second-order valence-corrected chi connectivity index (χ2v) is 6.86. The summed E-state index contributed by atoms with van der Waals surface area (Å²) in [5.41, 5.74) is 8.22. The van der Waals surface area contributed by atoms with Gasteiger partial charge in [-0.1, -0.05) is 48.5 Å². The largest absolute Gasteiger partial charge is 0.381 e. The topological polar surface area (TPSA) is 71.7 Å². The number of rotatable bonds is 6. The van der Waals surface area contributed by atoms with Gasteiger partial charge in [-0.25, -0.2) is 0 Å². The van der Waals surface area contributed by atoms with Gasteiger partial charge in [-0.15, -0.1) is 24.0 Å². The maximum atomic E-state index is 6.10. The lowest BCUT2D eigenvalue weighted by molar-refractivity contribution is 0.0375. The quantitative estimate of drug-likeness (QED) is 0.333. The van der Waals surface area contributed by atoms with E-state index in [4.69, 9.17) is 10.5 Å². The highest BCUT2D eigenvalue weighted by molar-refractivity contribution is 14.0. The number of halogens is 1. The van der Waals surface area contributed by atoms with Crippen LogP contribution in [0.25, 0.3) is 0 Å². The Morgan fingerprint density at radius 2 is 1.67 bits per heavy atom. The molecule has 0 aliphatic carbocycles. The van der Waals surface area contributed by atoms with Crippen molar-refractivity contribution in [1.29, 1.82) is 0 Å². The zero-order valence-corrected chi connectivity index (χ0v) is 18.1. The molecule has 1 atom stereocenters. The van der Waals surface area contributed by atoms with Crippen LogP contribution in [0.1, 0.15) is 31.4 Å². The normalized spacial score (nSPS) is 17.6.